The van der Waals surface area contributed by atoms with Crippen LogP contribution in [0.25, 0.3) is 0 Å². The minimum absolute atomic E-state index is 0.0329. The number of carbonyl (C=O) groups is 1. The molecule has 0 unspecified atom stereocenters. The van der Waals surface area contributed by atoms with Crippen LogP contribution in [0.2, 0.25) is 0 Å². The topological polar surface area (TPSA) is 77.2 Å². The molecule has 0 radical (unpaired) electrons. The average Bonchev–Trinajstić information content (AvgIpc) is 3.09. The van der Waals surface area contributed by atoms with Crippen LogP contribution in [0.1, 0.15) is 27.7 Å². The zero-order valence-corrected chi connectivity index (χ0v) is 13.2. The van der Waals surface area contributed by atoms with Gasteiger partial charge in [-0.1, -0.05) is 42.5 Å². The quantitative estimate of drug-likeness (QED) is 0.754. The molecule has 0 atom stereocenters. The molecule has 0 aliphatic rings. The van der Waals surface area contributed by atoms with Gasteiger partial charge in [0.15, 0.2) is 0 Å². The summed E-state index contributed by atoms with van der Waals surface area (Å²) in [4.78, 5) is 12.1. The van der Waals surface area contributed by atoms with E-state index >= 15 is 0 Å². The molecule has 1 amide bonds. The molecule has 0 bridgehead atoms. The van der Waals surface area contributed by atoms with Crippen molar-refractivity contribution >= 4 is 5.91 Å². The van der Waals surface area contributed by atoms with Gasteiger partial charge in [0.25, 0.3) is 0 Å². The Morgan fingerprint density at radius 1 is 1.04 bits per heavy atom. The van der Waals surface area contributed by atoms with Crippen molar-refractivity contribution in [2.24, 2.45) is 0 Å². The van der Waals surface area contributed by atoms with Gasteiger partial charge >= 0.3 is 11.8 Å². The lowest BCUT2D eigenvalue weighted by Gasteiger charge is -2.04. The molecule has 0 aliphatic heterocycles. The Labute approximate surface area is 139 Å². The first-order valence-corrected chi connectivity index (χ1v) is 7.52. The summed E-state index contributed by atoms with van der Waals surface area (Å²) in [6, 6.07) is 17.2. The fourth-order valence-electron chi connectivity index (χ4n) is 2.19. The molecule has 122 valence electrons. The zero-order chi connectivity index (χ0) is 16.8. The van der Waals surface area contributed by atoms with Crippen LogP contribution in [-0.4, -0.2) is 23.2 Å². The second kappa shape index (κ2) is 7.41. The van der Waals surface area contributed by atoms with Gasteiger partial charge in [0.2, 0.25) is 5.89 Å². The monoisotopic (exact) mass is 323 g/mol. The first-order valence-electron chi connectivity index (χ1n) is 7.52. The minimum atomic E-state index is -0.391. The highest BCUT2D eigenvalue weighted by molar-refractivity contribution is 5.89. The van der Waals surface area contributed by atoms with Crippen LogP contribution in [0.4, 0.5) is 0 Å². The van der Waals surface area contributed by atoms with Crippen LogP contribution < -0.4 is 10.1 Å². The molecule has 0 fully saturated rings. The van der Waals surface area contributed by atoms with Crippen molar-refractivity contribution < 1.29 is 13.9 Å². The molecule has 24 heavy (non-hydrogen) atoms. The van der Waals surface area contributed by atoms with Gasteiger partial charge in [0.05, 0.1) is 13.5 Å². The highest BCUT2D eigenvalue weighted by Gasteiger charge is 2.14. The molecular weight excluding hydrogens is 306 g/mol. The highest BCUT2D eigenvalue weighted by Crippen LogP contribution is 2.11. The van der Waals surface area contributed by atoms with E-state index in [-0.39, 0.29) is 5.89 Å². The van der Waals surface area contributed by atoms with E-state index in [1.165, 1.54) is 0 Å². The molecule has 0 saturated heterocycles. The Balaban J connectivity index is 1.57. The van der Waals surface area contributed by atoms with Gasteiger partial charge in [-0.2, -0.15) is 0 Å². The molecule has 3 aromatic rings. The van der Waals surface area contributed by atoms with Crippen LogP contribution in [-0.2, 0) is 13.0 Å². The molecule has 3 rings (SSSR count). The molecule has 2 aromatic carbocycles. The average molecular weight is 323 g/mol. The summed E-state index contributed by atoms with van der Waals surface area (Å²) >= 11 is 0. The summed E-state index contributed by atoms with van der Waals surface area (Å²) in [5, 5.41) is 10.5. The number of benzene rings is 2. The van der Waals surface area contributed by atoms with Crippen molar-refractivity contribution in [2.45, 2.75) is 13.0 Å². The first kappa shape index (κ1) is 15.7. The highest BCUT2D eigenvalue weighted by atomic mass is 16.5. The zero-order valence-electron chi connectivity index (χ0n) is 13.2. The van der Waals surface area contributed by atoms with E-state index in [0.717, 1.165) is 16.9 Å². The fourth-order valence-corrected chi connectivity index (χ4v) is 2.19. The first-order chi connectivity index (χ1) is 11.7. The Morgan fingerprint density at radius 2 is 1.79 bits per heavy atom. The Morgan fingerprint density at radius 3 is 2.50 bits per heavy atom. The van der Waals surface area contributed by atoms with E-state index in [1.807, 2.05) is 54.6 Å². The maximum atomic E-state index is 12.1. The number of ether oxygens (including phenoxy) is 1. The minimum Gasteiger partial charge on any atom is -0.497 e. The van der Waals surface area contributed by atoms with Crippen molar-refractivity contribution in [1.82, 2.24) is 15.5 Å². The van der Waals surface area contributed by atoms with Crippen molar-refractivity contribution in [3.63, 3.8) is 0 Å². The number of nitrogens with zero attached hydrogens (tertiary/aromatic N) is 2. The number of amides is 1. The number of hydrogen-bond donors (Lipinski definition) is 1. The summed E-state index contributed by atoms with van der Waals surface area (Å²) in [5.74, 6) is 0.760. The van der Waals surface area contributed by atoms with Crippen LogP contribution in [0.5, 0.6) is 5.75 Å². The molecule has 1 heterocycles. The van der Waals surface area contributed by atoms with Crippen molar-refractivity contribution in [3.8, 4) is 5.75 Å². The van der Waals surface area contributed by atoms with Crippen LogP contribution in [0.15, 0.2) is 59.0 Å². The second-order valence-electron chi connectivity index (χ2n) is 5.19. The number of methoxy groups -OCH3 is 1. The number of rotatable bonds is 6. The third-order valence-electron chi connectivity index (χ3n) is 3.47. The van der Waals surface area contributed by atoms with E-state index < -0.39 is 5.91 Å². The number of carbonyl (C=O) groups excluding carboxylic acids is 1. The summed E-state index contributed by atoms with van der Waals surface area (Å²) in [7, 11) is 1.61. The summed E-state index contributed by atoms with van der Waals surface area (Å²) in [6.07, 6.45) is 0.500. The normalized spacial score (nSPS) is 10.4. The van der Waals surface area contributed by atoms with E-state index in [1.54, 1.807) is 7.11 Å². The lowest BCUT2D eigenvalue weighted by molar-refractivity contribution is 0.0914. The lowest BCUT2D eigenvalue weighted by atomic mass is 10.2. The van der Waals surface area contributed by atoms with E-state index in [2.05, 4.69) is 15.5 Å². The largest absolute Gasteiger partial charge is 0.497 e. The Hall–Kier alpha value is -3.15. The molecular formula is C18H17N3O3. The van der Waals surface area contributed by atoms with Gasteiger partial charge in [-0.05, 0) is 23.3 Å². The van der Waals surface area contributed by atoms with Gasteiger partial charge in [-0.15, -0.1) is 10.2 Å². The van der Waals surface area contributed by atoms with Crippen LogP contribution in [0, 0.1) is 0 Å². The molecule has 1 N–H and O–H groups in total. The Bertz CT molecular complexity index is 798. The molecule has 6 heteroatoms. The fraction of sp³-hybridized carbons (Fsp3) is 0.167. The second-order valence-corrected chi connectivity index (χ2v) is 5.19. The maximum Gasteiger partial charge on any atom is 0.309 e. The summed E-state index contributed by atoms with van der Waals surface area (Å²) in [6.45, 7) is 0.374. The smallest absolute Gasteiger partial charge is 0.309 e. The van der Waals surface area contributed by atoms with Gasteiger partial charge in [-0.25, -0.2) is 0 Å². The number of aromatic nitrogens is 2. The van der Waals surface area contributed by atoms with Gasteiger partial charge in [-0.3, -0.25) is 4.79 Å². The molecule has 0 aliphatic carbocycles. The molecule has 0 saturated carbocycles. The third-order valence-corrected chi connectivity index (χ3v) is 3.47. The maximum absolute atomic E-state index is 12.1. The number of hydrogen-bond acceptors (Lipinski definition) is 5. The molecule has 0 spiro atoms. The number of nitrogens with one attached hydrogen (secondary N) is 1. The predicted octanol–water partition coefficient (Wildman–Crippen LogP) is 2.60. The van der Waals surface area contributed by atoms with E-state index in [9.17, 15) is 4.79 Å². The van der Waals surface area contributed by atoms with Gasteiger partial charge in [0.1, 0.15) is 5.75 Å². The predicted molar refractivity (Wildman–Crippen MR) is 87.7 cm³/mol. The Kier molecular flexibility index (Phi) is 4.86. The van der Waals surface area contributed by atoms with Gasteiger partial charge in [0, 0.05) is 6.54 Å². The van der Waals surface area contributed by atoms with Crippen LogP contribution in [0.3, 0.4) is 0 Å². The van der Waals surface area contributed by atoms with Crippen molar-refractivity contribution in [2.75, 3.05) is 7.11 Å². The van der Waals surface area contributed by atoms with E-state index in [0.29, 0.717) is 18.9 Å². The van der Waals surface area contributed by atoms with Crippen molar-refractivity contribution in [1.29, 1.82) is 0 Å². The lowest BCUT2D eigenvalue weighted by Crippen LogP contribution is -2.23. The molecule has 1 aromatic heterocycles. The van der Waals surface area contributed by atoms with Gasteiger partial charge < -0.3 is 14.5 Å². The summed E-state index contributed by atoms with van der Waals surface area (Å²) < 4.78 is 10.5. The van der Waals surface area contributed by atoms with Crippen molar-refractivity contribution in [3.05, 3.63) is 77.5 Å². The van der Waals surface area contributed by atoms with E-state index in [4.69, 9.17) is 9.15 Å². The third kappa shape index (κ3) is 3.98. The SMILES string of the molecule is COc1ccc(CNC(=O)c2nnc(Cc3ccccc3)o2)cc1. The molecule has 6 nitrogen and oxygen atoms in total. The standard InChI is InChI=1S/C18H17N3O3/c1-23-15-9-7-14(8-10-15)12-19-17(22)18-21-20-16(24-18)11-13-5-3-2-4-6-13/h2-10H,11-12H2,1H3,(H,19,22). The van der Waals surface area contributed by atoms with Crippen LogP contribution >= 0.6 is 0 Å². The summed E-state index contributed by atoms with van der Waals surface area (Å²) in [5.41, 5.74) is 2.00.